The molecule has 0 amide bonds. The lowest BCUT2D eigenvalue weighted by atomic mass is 10.1. The summed E-state index contributed by atoms with van der Waals surface area (Å²) in [5, 5.41) is 6.66. The van der Waals surface area contributed by atoms with E-state index in [2.05, 4.69) is 53.7 Å². The molecule has 24 heavy (non-hydrogen) atoms. The third-order valence-corrected chi connectivity index (χ3v) is 3.63. The monoisotopic (exact) mass is 335 g/mol. The van der Waals surface area contributed by atoms with Crippen LogP contribution in [0.15, 0.2) is 29.3 Å². The molecule has 5 heteroatoms. The lowest BCUT2D eigenvalue weighted by Crippen LogP contribution is -2.38. The van der Waals surface area contributed by atoms with Gasteiger partial charge in [0.15, 0.2) is 5.96 Å². The van der Waals surface area contributed by atoms with Crippen molar-refractivity contribution >= 4 is 5.96 Å². The molecule has 1 rings (SSSR count). The zero-order valence-corrected chi connectivity index (χ0v) is 15.4. The van der Waals surface area contributed by atoms with Crippen molar-refractivity contribution in [2.24, 2.45) is 4.99 Å². The van der Waals surface area contributed by atoms with Crippen molar-refractivity contribution in [3.8, 4) is 0 Å². The van der Waals surface area contributed by atoms with Gasteiger partial charge in [0.25, 0.3) is 0 Å². The molecule has 1 aromatic rings. The van der Waals surface area contributed by atoms with Crippen LogP contribution in [0.3, 0.4) is 0 Å². The molecule has 0 radical (unpaired) electrons. The molecule has 0 heterocycles. The highest BCUT2D eigenvalue weighted by Gasteiger charge is 1.98. The first-order valence-electron chi connectivity index (χ1n) is 8.96. The molecule has 5 nitrogen and oxygen atoms in total. The van der Waals surface area contributed by atoms with Crippen LogP contribution in [0.4, 0.5) is 0 Å². The summed E-state index contributed by atoms with van der Waals surface area (Å²) >= 11 is 0. The summed E-state index contributed by atoms with van der Waals surface area (Å²) in [5.41, 5.74) is 2.73. The average Bonchev–Trinajstić information content (AvgIpc) is 2.61. The van der Waals surface area contributed by atoms with Crippen LogP contribution in [0.2, 0.25) is 0 Å². The summed E-state index contributed by atoms with van der Waals surface area (Å²) in [7, 11) is 1.68. The van der Waals surface area contributed by atoms with Crippen LogP contribution in [0, 0.1) is 0 Å². The van der Waals surface area contributed by atoms with Gasteiger partial charge in [-0.15, -0.1) is 0 Å². The van der Waals surface area contributed by atoms with Gasteiger partial charge in [-0.1, -0.05) is 31.2 Å². The summed E-state index contributed by atoms with van der Waals surface area (Å²) in [6.07, 6.45) is 3.00. The number of hydrogen-bond donors (Lipinski definition) is 2. The molecule has 0 aliphatic carbocycles. The molecule has 0 saturated heterocycles. The minimum atomic E-state index is 0.646. The van der Waals surface area contributed by atoms with Crippen LogP contribution in [0.1, 0.15) is 31.4 Å². The Kier molecular flexibility index (Phi) is 11.8. The number of hydrogen-bond acceptors (Lipinski definition) is 3. The molecule has 0 aromatic heterocycles. The van der Waals surface area contributed by atoms with Gasteiger partial charge in [-0.2, -0.15) is 0 Å². The van der Waals surface area contributed by atoms with Crippen LogP contribution < -0.4 is 10.6 Å². The Morgan fingerprint density at radius 2 is 1.75 bits per heavy atom. The summed E-state index contributed by atoms with van der Waals surface area (Å²) < 4.78 is 10.4. The van der Waals surface area contributed by atoms with Gasteiger partial charge in [0.1, 0.15) is 0 Å². The second-order valence-corrected chi connectivity index (χ2v) is 5.57. The Balaban J connectivity index is 2.24. The lowest BCUT2D eigenvalue weighted by molar-refractivity contribution is 0.0702. The molecular weight excluding hydrogens is 302 g/mol. The number of rotatable bonds is 12. The van der Waals surface area contributed by atoms with Crippen molar-refractivity contribution in [2.75, 3.05) is 46.6 Å². The normalized spacial score (nSPS) is 11.5. The first-order valence-corrected chi connectivity index (χ1v) is 8.96. The highest BCUT2D eigenvalue weighted by atomic mass is 16.5. The molecule has 0 aliphatic rings. The number of methoxy groups -OCH3 is 1. The van der Waals surface area contributed by atoms with Crippen molar-refractivity contribution in [3.05, 3.63) is 35.4 Å². The number of benzene rings is 1. The predicted molar refractivity (Wildman–Crippen MR) is 101 cm³/mol. The summed E-state index contributed by atoms with van der Waals surface area (Å²) in [6.45, 7) is 8.77. The van der Waals surface area contributed by atoms with E-state index in [1.54, 1.807) is 7.11 Å². The third kappa shape index (κ3) is 9.53. The smallest absolute Gasteiger partial charge is 0.191 e. The van der Waals surface area contributed by atoms with E-state index in [0.717, 1.165) is 51.5 Å². The third-order valence-electron chi connectivity index (χ3n) is 3.63. The lowest BCUT2D eigenvalue weighted by Gasteiger charge is -2.11. The Bertz CT molecular complexity index is 446. The molecule has 2 N–H and O–H groups in total. The van der Waals surface area contributed by atoms with E-state index in [9.17, 15) is 0 Å². The maximum Gasteiger partial charge on any atom is 0.191 e. The van der Waals surface area contributed by atoms with Gasteiger partial charge in [-0.05, 0) is 37.3 Å². The first kappa shape index (κ1) is 20.5. The van der Waals surface area contributed by atoms with Gasteiger partial charge in [-0.25, -0.2) is 0 Å². The van der Waals surface area contributed by atoms with E-state index in [-0.39, 0.29) is 0 Å². The van der Waals surface area contributed by atoms with Gasteiger partial charge in [-0.3, -0.25) is 4.99 Å². The Labute approximate surface area is 146 Å². The highest BCUT2D eigenvalue weighted by molar-refractivity contribution is 5.79. The van der Waals surface area contributed by atoms with E-state index in [1.807, 2.05) is 0 Å². The van der Waals surface area contributed by atoms with Crippen molar-refractivity contribution in [2.45, 2.75) is 33.1 Å². The quantitative estimate of drug-likeness (QED) is 0.350. The fourth-order valence-corrected chi connectivity index (χ4v) is 2.21. The second kappa shape index (κ2) is 13.8. The summed E-state index contributed by atoms with van der Waals surface area (Å²) in [6, 6.07) is 8.83. The van der Waals surface area contributed by atoms with Crippen LogP contribution in [0.5, 0.6) is 0 Å². The molecule has 0 atom stereocenters. The van der Waals surface area contributed by atoms with Crippen LogP contribution in [0.25, 0.3) is 0 Å². The maximum absolute atomic E-state index is 5.44. The molecule has 0 saturated carbocycles. The largest absolute Gasteiger partial charge is 0.382 e. The minimum Gasteiger partial charge on any atom is -0.382 e. The molecule has 1 aromatic carbocycles. The number of guanidine groups is 1. The van der Waals surface area contributed by atoms with Gasteiger partial charge >= 0.3 is 0 Å². The van der Waals surface area contributed by atoms with E-state index < -0.39 is 0 Å². The van der Waals surface area contributed by atoms with E-state index in [0.29, 0.717) is 13.2 Å². The predicted octanol–water partition coefficient (Wildman–Crippen LogP) is 2.40. The number of nitrogens with one attached hydrogen (secondary N) is 2. The molecule has 136 valence electrons. The fraction of sp³-hybridized carbons (Fsp3) is 0.632. The molecule has 0 spiro atoms. The minimum absolute atomic E-state index is 0.646. The second-order valence-electron chi connectivity index (χ2n) is 5.57. The first-order chi connectivity index (χ1) is 11.8. The zero-order valence-electron chi connectivity index (χ0n) is 15.4. The van der Waals surface area contributed by atoms with Crippen LogP contribution >= 0.6 is 0 Å². The number of ether oxygens (including phenoxy) is 2. The van der Waals surface area contributed by atoms with Crippen molar-refractivity contribution in [1.29, 1.82) is 0 Å². The SMILES string of the molecule is CCNC(=NCCCOCCOC)NCCc1ccc(CC)cc1. The van der Waals surface area contributed by atoms with Crippen molar-refractivity contribution < 1.29 is 9.47 Å². The van der Waals surface area contributed by atoms with E-state index in [4.69, 9.17) is 9.47 Å². The fourth-order valence-electron chi connectivity index (χ4n) is 2.21. The van der Waals surface area contributed by atoms with Crippen LogP contribution in [-0.4, -0.2) is 52.5 Å². The number of aliphatic imine (C=N–C) groups is 1. The van der Waals surface area contributed by atoms with Gasteiger partial charge in [0.2, 0.25) is 0 Å². The molecular formula is C19H33N3O2. The number of aryl methyl sites for hydroxylation is 1. The zero-order chi connectivity index (χ0) is 17.5. The van der Waals surface area contributed by atoms with Crippen LogP contribution in [-0.2, 0) is 22.3 Å². The summed E-state index contributed by atoms with van der Waals surface area (Å²) in [5.74, 6) is 0.875. The molecule has 0 fully saturated rings. The van der Waals surface area contributed by atoms with Crippen molar-refractivity contribution in [1.82, 2.24) is 10.6 Å². The molecule has 0 bridgehead atoms. The molecule has 0 unspecified atom stereocenters. The topological polar surface area (TPSA) is 54.9 Å². The summed E-state index contributed by atoms with van der Waals surface area (Å²) in [4.78, 5) is 4.57. The van der Waals surface area contributed by atoms with E-state index >= 15 is 0 Å². The average molecular weight is 335 g/mol. The van der Waals surface area contributed by atoms with Gasteiger partial charge < -0.3 is 20.1 Å². The maximum atomic E-state index is 5.44. The highest BCUT2D eigenvalue weighted by Crippen LogP contribution is 2.05. The Morgan fingerprint density at radius 3 is 2.42 bits per heavy atom. The van der Waals surface area contributed by atoms with Gasteiger partial charge in [0, 0.05) is 33.4 Å². The number of nitrogens with zero attached hydrogens (tertiary/aromatic N) is 1. The standard InChI is InChI=1S/C19H33N3O2/c1-4-17-7-9-18(10-8-17)11-13-22-19(20-5-2)21-12-6-14-24-16-15-23-3/h7-10H,4-6,11-16H2,1-3H3,(H2,20,21,22). The Morgan fingerprint density at radius 1 is 1.00 bits per heavy atom. The van der Waals surface area contributed by atoms with E-state index in [1.165, 1.54) is 11.1 Å². The molecule has 0 aliphatic heterocycles. The van der Waals surface area contributed by atoms with Crippen molar-refractivity contribution in [3.63, 3.8) is 0 Å². The Hall–Kier alpha value is -1.59. The van der Waals surface area contributed by atoms with Gasteiger partial charge in [0.05, 0.1) is 13.2 Å².